The monoisotopic (exact) mass is 211 g/mol. The smallest absolute Gasteiger partial charge is 0.229 e. The Kier molecular flexibility index (Phi) is 4.75. The highest BCUT2D eigenvalue weighted by Crippen LogP contribution is 2.18. The van der Waals surface area contributed by atoms with Gasteiger partial charge in [-0.3, -0.25) is 0 Å². The molecule has 1 unspecified atom stereocenters. The first-order valence-corrected chi connectivity index (χ1v) is 5.69. The van der Waals surface area contributed by atoms with Gasteiger partial charge in [0.1, 0.15) is 0 Å². The van der Waals surface area contributed by atoms with E-state index in [1.165, 1.54) is 0 Å². The van der Waals surface area contributed by atoms with Crippen molar-refractivity contribution in [2.24, 2.45) is 0 Å². The van der Waals surface area contributed by atoms with E-state index in [2.05, 4.69) is 43.2 Å². The minimum Gasteiger partial charge on any atom is -0.339 e. The Balaban J connectivity index is 2.48. The molecule has 0 spiro atoms. The Morgan fingerprint density at radius 1 is 1.33 bits per heavy atom. The third kappa shape index (κ3) is 4.00. The molecule has 1 N–H and O–H groups in total. The first-order chi connectivity index (χ1) is 7.13. The van der Waals surface area contributed by atoms with E-state index < -0.39 is 0 Å². The van der Waals surface area contributed by atoms with Crippen molar-refractivity contribution in [1.82, 2.24) is 15.5 Å². The molecule has 4 nitrogen and oxygen atoms in total. The molecule has 1 aromatic heterocycles. The minimum absolute atomic E-state index is 0.371. The highest BCUT2D eigenvalue weighted by molar-refractivity contribution is 4.92. The Morgan fingerprint density at radius 2 is 2.07 bits per heavy atom. The van der Waals surface area contributed by atoms with E-state index in [0.29, 0.717) is 18.5 Å². The summed E-state index contributed by atoms with van der Waals surface area (Å²) in [6, 6.07) is 0.444. The fraction of sp³-hybridized carbons (Fsp3) is 0.818. The van der Waals surface area contributed by atoms with Gasteiger partial charge in [0.05, 0.1) is 6.54 Å². The van der Waals surface area contributed by atoms with Crippen molar-refractivity contribution >= 4 is 0 Å². The third-order valence-corrected chi connectivity index (χ3v) is 2.30. The van der Waals surface area contributed by atoms with Crippen LogP contribution in [-0.4, -0.2) is 16.2 Å². The van der Waals surface area contributed by atoms with Gasteiger partial charge >= 0.3 is 0 Å². The number of hydrogen-bond acceptors (Lipinski definition) is 4. The molecular formula is C11H21N3O. The average Bonchev–Trinajstić information content (AvgIpc) is 2.63. The standard InChI is InChI=1S/C11H21N3O/c1-5-6-9(4)11-13-10(14-15-11)7-12-8(2)3/h8-9,12H,5-7H2,1-4H3. The van der Waals surface area contributed by atoms with E-state index in [4.69, 9.17) is 4.52 Å². The summed E-state index contributed by atoms with van der Waals surface area (Å²) < 4.78 is 5.21. The normalized spacial score (nSPS) is 13.4. The maximum absolute atomic E-state index is 5.21. The van der Waals surface area contributed by atoms with Crippen LogP contribution in [0.2, 0.25) is 0 Å². The second-order valence-corrected chi connectivity index (χ2v) is 4.27. The van der Waals surface area contributed by atoms with Crippen LogP contribution in [0.1, 0.15) is 58.2 Å². The van der Waals surface area contributed by atoms with Crippen LogP contribution in [-0.2, 0) is 6.54 Å². The molecule has 86 valence electrons. The van der Waals surface area contributed by atoms with Gasteiger partial charge in [-0.1, -0.05) is 39.3 Å². The lowest BCUT2D eigenvalue weighted by Gasteiger charge is -2.03. The summed E-state index contributed by atoms with van der Waals surface area (Å²) in [6.07, 6.45) is 2.24. The van der Waals surface area contributed by atoms with Crippen molar-refractivity contribution in [3.8, 4) is 0 Å². The zero-order chi connectivity index (χ0) is 11.3. The summed E-state index contributed by atoms with van der Waals surface area (Å²) in [7, 11) is 0. The Hall–Kier alpha value is -0.900. The second-order valence-electron chi connectivity index (χ2n) is 4.27. The summed E-state index contributed by atoms with van der Waals surface area (Å²) >= 11 is 0. The number of rotatable bonds is 6. The summed E-state index contributed by atoms with van der Waals surface area (Å²) in [4.78, 5) is 4.36. The van der Waals surface area contributed by atoms with Crippen LogP contribution in [0.15, 0.2) is 4.52 Å². The van der Waals surface area contributed by atoms with Gasteiger partial charge in [0.15, 0.2) is 5.82 Å². The van der Waals surface area contributed by atoms with Crippen molar-refractivity contribution in [3.63, 3.8) is 0 Å². The molecule has 0 saturated carbocycles. The predicted octanol–water partition coefficient (Wildman–Crippen LogP) is 2.47. The fourth-order valence-corrected chi connectivity index (χ4v) is 1.39. The van der Waals surface area contributed by atoms with E-state index in [1.54, 1.807) is 0 Å². The largest absolute Gasteiger partial charge is 0.339 e. The van der Waals surface area contributed by atoms with Crippen molar-refractivity contribution < 1.29 is 4.52 Å². The lowest BCUT2D eigenvalue weighted by atomic mass is 10.1. The van der Waals surface area contributed by atoms with Gasteiger partial charge in [-0.05, 0) is 6.42 Å². The maximum atomic E-state index is 5.21. The van der Waals surface area contributed by atoms with Crippen molar-refractivity contribution in [2.75, 3.05) is 0 Å². The van der Waals surface area contributed by atoms with Gasteiger partial charge in [0, 0.05) is 12.0 Å². The van der Waals surface area contributed by atoms with Crippen LogP contribution in [0.4, 0.5) is 0 Å². The zero-order valence-electron chi connectivity index (χ0n) is 10.1. The van der Waals surface area contributed by atoms with Gasteiger partial charge in [0.2, 0.25) is 5.89 Å². The van der Waals surface area contributed by atoms with Gasteiger partial charge < -0.3 is 9.84 Å². The molecule has 1 heterocycles. The lowest BCUT2D eigenvalue weighted by Crippen LogP contribution is -2.22. The number of nitrogens with zero attached hydrogens (tertiary/aromatic N) is 2. The first kappa shape index (κ1) is 12.2. The molecule has 0 fully saturated rings. The summed E-state index contributed by atoms with van der Waals surface area (Å²) in [5.74, 6) is 1.88. The van der Waals surface area contributed by atoms with Crippen LogP contribution in [0.3, 0.4) is 0 Å². The van der Waals surface area contributed by atoms with Crippen molar-refractivity contribution in [2.45, 2.75) is 59.0 Å². The summed E-state index contributed by atoms with van der Waals surface area (Å²) in [5, 5.41) is 7.20. The van der Waals surface area contributed by atoms with Crippen LogP contribution in [0.5, 0.6) is 0 Å². The van der Waals surface area contributed by atoms with Crippen LogP contribution in [0.25, 0.3) is 0 Å². The quantitative estimate of drug-likeness (QED) is 0.785. The van der Waals surface area contributed by atoms with Crippen molar-refractivity contribution in [1.29, 1.82) is 0 Å². The Labute approximate surface area is 91.5 Å². The van der Waals surface area contributed by atoms with Gasteiger partial charge in [-0.2, -0.15) is 4.98 Å². The molecule has 1 aromatic rings. The molecule has 4 heteroatoms. The lowest BCUT2D eigenvalue weighted by molar-refractivity contribution is 0.347. The second kappa shape index (κ2) is 5.85. The molecule has 1 rings (SSSR count). The maximum Gasteiger partial charge on any atom is 0.229 e. The molecule has 0 amide bonds. The van der Waals surface area contributed by atoms with Gasteiger partial charge in [-0.15, -0.1) is 0 Å². The Morgan fingerprint density at radius 3 is 2.67 bits per heavy atom. The minimum atomic E-state index is 0.371. The van der Waals surface area contributed by atoms with E-state index in [9.17, 15) is 0 Å². The molecule has 0 aromatic carbocycles. The van der Waals surface area contributed by atoms with Crippen molar-refractivity contribution in [3.05, 3.63) is 11.7 Å². The number of nitrogens with one attached hydrogen (secondary N) is 1. The van der Waals surface area contributed by atoms with E-state index in [0.717, 1.165) is 24.6 Å². The highest BCUT2D eigenvalue weighted by Gasteiger charge is 2.13. The van der Waals surface area contributed by atoms with Crippen LogP contribution >= 0.6 is 0 Å². The predicted molar refractivity (Wildman–Crippen MR) is 59.6 cm³/mol. The third-order valence-electron chi connectivity index (χ3n) is 2.30. The molecule has 0 aliphatic rings. The molecule has 0 radical (unpaired) electrons. The molecule has 0 bridgehead atoms. The Bertz CT molecular complexity index is 283. The van der Waals surface area contributed by atoms with E-state index in [1.807, 2.05) is 0 Å². The first-order valence-electron chi connectivity index (χ1n) is 5.69. The van der Waals surface area contributed by atoms with Gasteiger partial charge in [-0.25, -0.2) is 0 Å². The molecule has 0 saturated heterocycles. The van der Waals surface area contributed by atoms with Crippen LogP contribution < -0.4 is 5.32 Å². The van der Waals surface area contributed by atoms with Gasteiger partial charge in [0.25, 0.3) is 0 Å². The zero-order valence-corrected chi connectivity index (χ0v) is 10.1. The van der Waals surface area contributed by atoms with Crippen LogP contribution in [0, 0.1) is 0 Å². The number of hydrogen-bond donors (Lipinski definition) is 1. The fourth-order valence-electron chi connectivity index (χ4n) is 1.39. The highest BCUT2D eigenvalue weighted by atomic mass is 16.5. The topological polar surface area (TPSA) is 51.0 Å². The molecule has 0 aliphatic carbocycles. The average molecular weight is 211 g/mol. The summed E-state index contributed by atoms with van der Waals surface area (Å²) in [5.41, 5.74) is 0. The molecule has 0 aliphatic heterocycles. The molecular weight excluding hydrogens is 190 g/mol. The van der Waals surface area contributed by atoms with E-state index >= 15 is 0 Å². The number of aromatic nitrogens is 2. The molecule has 15 heavy (non-hydrogen) atoms. The van der Waals surface area contributed by atoms with E-state index in [-0.39, 0.29) is 0 Å². The SMILES string of the molecule is CCCC(C)c1nc(CNC(C)C)no1. The molecule has 1 atom stereocenters. The summed E-state index contributed by atoms with van der Waals surface area (Å²) in [6.45, 7) is 9.16.